The zero-order chi connectivity index (χ0) is 17.5. The molecule has 0 amide bonds. The predicted molar refractivity (Wildman–Crippen MR) is 98.6 cm³/mol. The van der Waals surface area contributed by atoms with Crippen molar-refractivity contribution >= 4 is 18.0 Å². The molecule has 0 bridgehead atoms. The van der Waals surface area contributed by atoms with Crippen molar-refractivity contribution in [2.75, 3.05) is 43.2 Å². The second kappa shape index (κ2) is 8.43. The Morgan fingerprint density at radius 3 is 2.72 bits per heavy atom. The summed E-state index contributed by atoms with van der Waals surface area (Å²) in [6, 6.07) is 9.65. The maximum Gasteiger partial charge on any atom is 0.227 e. The number of hydrogen-bond donors (Lipinski definition) is 1. The van der Waals surface area contributed by atoms with Crippen molar-refractivity contribution < 1.29 is 9.47 Å². The summed E-state index contributed by atoms with van der Waals surface area (Å²) < 4.78 is 10.8. The van der Waals surface area contributed by atoms with Crippen molar-refractivity contribution in [1.82, 2.24) is 9.97 Å². The monoisotopic (exact) mass is 341 g/mol. The third-order valence-corrected chi connectivity index (χ3v) is 3.72. The lowest BCUT2D eigenvalue weighted by Crippen LogP contribution is -2.37. The Hall–Kier alpha value is -2.67. The SMILES string of the molecule is CCOc1ccc(/C=N/Nc2cc(C)nc(N3CCOCC3)n2)cc1. The van der Waals surface area contributed by atoms with Crippen molar-refractivity contribution in [1.29, 1.82) is 0 Å². The van der Waals surface area contributed by atoms with Crippen LogP contribution in [-0.2, 0) is 4.74 Å². The van der Waals surface area contributed by atoms with Crippen LogP contribution in [0.4, 0.5) is 11.8 Å². The highest BCUT2D eigenvalue weighted by molar-refractivity contribution is 5.80. The summed E-state index contributed by atoms with van der Waals surface area (Å²) in [4.78, 5) is 11.2. The van der Waals surface area contributed by atoms with E-state index < -0.39 is 0 Å². The lowest BCUT2D eigenvalue weighted by atomic mass is 10.2. The highest BCUT2D eigenvalue weighted by Gasteiger charge is 2.14. The molecule has 0 saturated carbocycles. The number of aromatic nitrogens is 2. The van der Waals surface area contributed by atoms with Crippen molar-refractivity contribution in [2.45, 2.75) is 13.8 Å². The van der Waals surface area contributed by atoms with Crippen LogP contribution in [0.2, 0.25) is 0 Å². The third-order valence-electron chi connectivity index (χ3n) is 3.72. The Balaban J connectivity index is 1.64. The molecule has 1 aromatic carbocycles. The Kier molecular flexibility index (Phi) is 5.79. The maximum absolute atomic E-state index is 5.43. The quantitative estimate of drug-likeness (QED) is 0.643. The molecule has 3 rings (SSSR count). The van der Waals surface area contributed by atoms with Crippen molar-refractivity contribution in [2.24, 2.45) is 5.10 Å². The number of hydrazone groups is 1. The van der Waals surface area contributed by atoms with Gasteiger partial charge in [0.05, 0.1) is 26.0 Å². The van der Waals surface area contributed by atoms with Crippen LogP contribution in [0.1, 0.15) is 18.2 Å². The third kappa shape index (κ3) is 4.90. The summed E-state index contributed by atoms with van der Waals surface area (Å²) in [6.07, 6.45) is 1.75. The smallest absolute Gasteiger partial charge is 0.227 e. The lowest BCUT2D eigenvalue weighted by molar-refractivity contribution is 0.122. The second-order valence-corrected chi connectivity index (χ2v) is 5.67. The van der Waals surface area contributed by atoms with Gasteiger partial charge in [-0.2, -0.15) is 10.1 Å². The normalized spacial score (nSPS) is 14.7. The summed E-state index contributed by atoms with van der Waals surface area (Å²) in [5.74, 6) is 2.24. The summed E-state index contributed by atoms with van der Waals surface area (Å²) >= 11 is 0. The fourth-order valence-electron chi connectivity index (χ4n) is 2.50. The van der Waals surface area contributed by atoms with E-state index >= 15 is 0 Å². The van der Waals surface area contributed by atoms with Crippen LogP contribution in [0.3, 0.4) is 0 Å². The molecule has 0 unspecified atom stereocenters. The van der Waals surface area contributed by atoms with Gasteiger partial charge in [-0.3, -0.25) is 5.43 Å². The number of nitrogens with zero attached hydrogens (tertiary/aromatic N) is 4. The molecule has 1 N–H and O–H groups in total. The number of ether oxygens (including phenoxy) is 2. The molecule has 7 heteroatoms. The average Bonchev–Trinajstić information content (AvgIpc) is 2.64. The fraction of sp³-hybridized carbons (Fsp3) is 0.389. The first kappa shape index (κ1) is 17.2. The largest absolute Gasteiger partial charge is 0.494 e. The van der Waals surface area contributed by atoms with E-state index in [1.165, 1.54) is 0 Å². The van der Waals surface area contributed by atoms with Crippen LogP contribution in [0.15, 0.2) is 35.4 Å². The highest BCUT2D eigenvalue weighted by atomic mass is 16.5. The number of rotatable bonds is 6. The van der Waals surface area contributed by atoms with E-state index in [1.807, 2.05) is 44.2 Å². The number of nitrogens with one attached hydrogen (secondary N) is 1. The van der Waals surface area contributed by atoms with Gasteiger partial charge in [0, 0.05) is 24.8 Å². The van der Waals surface area contributed by atoms with Gasteiger partial charge in [0.1, 0.15) is 5.75 Å². The van der Waals surface area contributed by atoms with E-state index in [4.69, 9.17) is 9.47 Å². The summed E-state index contributed by atoms with van der Waals surface area (Å²) in [6.45, 7) is 7.59. The molecule has 7 nitrogen and oxygen atoms in total. The zero-order valence-electron chi connectivity index (χ0n) is 14.6. The summed E-state index contributed by atoms with van der Waals surface area (Å²) in [7, 11) is 0. The van der Waals surface area contributed by atoms with E-state index in [0.717, 1.165) is 30.1 Å². The lowest BCUT2D eigenvalue weighted by Gasteiger charge is -2.27. The Labute approximate surface area is 147 Å². The maximum atomic E-state index is 5.43. The second-order valence-electron chi connectivity index (χ2n) is 5.67. The number of anilines is 2. The van der Waals surface area contributed by atoms with Gasteiger partial charge in [-0.05, 0) is 43.7 Å². The molecule has 1 saturated heterocycles. The molecule has 1 aromatic heterocycles. The van der Waals surface area contributed by atoms with Crippen LogP contribution in [-0.4, -0.2) is 49.1 Å². The molecule has 0 spiro atoms. The van der Waals surface area contributed by atoms with E-state index in [2.05, 4.69) is 25.4 Å². The molecule has 1 aliphatic heterocycles. The molecule has 0 atom stereocenters. The number of morpholine rings is 1. The molecule has 1 fully saturated rings. The van der Waals surface area contributed by atoms with E-state index in [0.29, 0.717) is 31.6 Å². The molecule has 1 aliphatic rings. The molecule has 25 heavy (non-hydrogen) atoms. The minimum absolute atomic E-state index is 0.660. The molecule has 0 radical (unpaired) electrons. The van der Waals surface area contributed by atoms with Gasteiger partial charge in [0.2, 0.25) is 5.95 Å². The van der Waals surface area contributed by atoms with Gasteiger partial charge in [-0.15, -0.1) is 0 Å². The standard InChI is InChI=1S/C18H23N5O2/c1-3-25-16-6-4-15(5-7-16)13-19-22-17-12-14(2)20-18(21-17)23-8-10-24-11-9-23/h4-7,12-13H,3,8-11H2,1-2H3,(H,20,21,22)/b19-13+. The first-order chi connectivity index (χ1) is 12.2. The van der Waals surface area contributed by atoms with Gasteiger partial charge in [-0.1, -0.05) is 0 Å². The average molecular weight is 341 g/mol. The van der Waals surface area contributed by atoms with Crippen LogP contribution in [0, 0.1) is 6.92 Å². The first-order valence-corrected chi connectivity index (χ1v) is 8.45. The number of hydrogen-bond acceptors (Lipinski definition) is 7. The minimum atomic E-state index is 0.660. The van der Waals surface area contributed by atoms with Crippen molar-refractivity contribution in [3.05, 3.63) is 41.6 Å². The highest BCUT2D eigenvalue weighted by Crippen LogP contribution is 2.15. The van der Waals surface area contributed by atoms with Crippen molar-refractivity contribution in [3.8, 4) is 5.75 Å². The topological polar surface area (TPSA) is 71.9 Å². The van der Waals surface area contributed by atoms with Crippen LogP contribution in [0.5, 0.6) is 5.75 Å². The van der Waals surface area contributed by atoms with E-state index in [1.54, 1.807) is 6.21 Å². The predicted octanol–water partition coefficient (Wildman–Crippen LogP) is 2.47. The molecule has 2 aromatic rings. The number of benzene rings is 1. The fourth-order valence-corrected chi connectivity index (χ4v) is 2.50. The first-order valence-electron chi connectivity index (χ1n) is 8.45. The number of aryl methyl sites for hydroxylation is 1. The van der Waals surface area contributed by atoms with Crippen LogP contribution < -0.4 is 15.1 Å². The van der Waals surface area contributed by atoms with E-state index in [9.17, 15) is 0 Å². The van der Waals surface area contributed by atoms with Crippen LogP contribution in [0.25, 0.3) is 0 Å². The Morgan fingerprint density at radius 1 is 1.24 bits per heavy atom. The minimum Gasteiger partial charge on any atom is -0.494 e. The van der Waals surface area contributed by atoms with Gasteiger partial charge in [0.25, 0.3) is 0 Å². The van der Waals surface area contributed by atoms with Gasteiger partial charge < -0.3 is 14.4 Å². The molecular weight excluding hydrogens is 318 g/mol. The Morgan fingerprint density at radius 2 is 2.00 bits per heavy atom. The molecule has 0 aliphatic carbocycles. The molecule has 132 valence electrons. The molecular formula is C18H23N5O2. The van der Waals surface area contributed by atoms with Gasteiger partial charge in [-0.25, -0.2) is 4.98 Å². The zero-order valence-corrected chi connectivity index (χ0v) is 14.6. The van der Waals surface area contributed by atoms with E-state index in [-0.39, 0.29) is 0 Å². The van der Waals surface area contributed by atoms with Gasteiger partial charge >= 0.3 is 0 Å². The molecule has 2 heterocycles. The summed E-state index contributed by atoms with van der Waals surface area (Å²) in [5.41, 5.74) is 4.86. The summed E-state index contributed by atoms with van der Waals surface area (Å²) in [5, 5.41) is 4.27. The van der Waals surface area contributed by atoms with Crippen molar-refractivity contribution in [3.63, 3.8) is 0 Å². The van der Waals surface area contributed by atoms with Crippen LogP contribution >= 0.6 is 0 Å². The van der Waals surface area contributed by atoms with Gasteiger partial charge in [0.15, 0.2) is 5.82 Å². The Bertz CT molecular complexity index is 712.